The lowest BCUT2D eigenvalue weighted by Crippen LogP contribution is -2.31. The molecule has 1 aromatic carbocycles. The van der Waals surface area contributed by atoms with Gasteiger partial charge in [0.2, 0.25) is 0 Å². The van der Waals surface area contributed by atoms with Crippen LogP contribution in [-0.2, 0) is 0 Å². The molecule has 0 fully saturated rings. The molecule has 0 saturated carbocycles. The lowest BCUT2D eigenvalue weighted by Gasteiger charge is -2.16. The van der Waals surface area contributed by atoms with Gasteiger partial charge in [-0.25, -0.2) is 4.79 Å². The first kappa shape index (κ1) is 14.1. The minimum absolute atomic E-state index is 0.0895. The number of hydrogen-bond donors (Lipinski definition) is 2. The predicted octanol–water partition coefficient (Wildman–Crippen LogP) is 3.48. The number of carbonyl (C=O) groups is 1. The highest BCUT2D eigenvalue weighted by atomic mass is 16.4. The van der Waals surface area contributed by atoms with Crippen LogP contribution in [0, 0.1) is 20.8 Å². The highest BCUT2D eigenvalue weighted by Crippen LogP contribution is 2.17. The van der Waals surface area contributed by atoms with Crippen molar-refractivity contribution in [3.8, 4) is 0 Å². The monoisotopic (exact) mass is 273 g/mol. The SMILES string of the molecule is Cc1ccccc1[C@H](C)NC(=O)Nc1nc(C)c(C)o1. The van der Waals surface area contributed by atoms with Crippen LogP contribution in [0.2, 0.25) is 0 Å². The lowest BCUT2D eigenvalue weighted by atomic mass is 10.0. The van der Waals surface area contributed by atoms with Crippen molar-refractivity contribution in [2.45, 2.75) is 33.7 Å². The summed E-state index contributed by atoms with van der Waals surface area (Å²) in [5.41, 5.74) is 3.00. The molecule has 1 heterocycles. The molecule has 0 bridgehead atoms. The van der Waals surface area contributed by atoms with Crippen molar-refractivity contribution in [2.75, 3.05) is 5.32 Å². The van der Waals surface area contributed by atoms with E-state index in [4.69, 9.17) is 4.42 Å². The first-order chi connectivity index (χ1) is 9.47. The van der Waals surface area contributed by atoms with Crippen LogP contribution in [-0.4, -0.2) is 11.0 Å². The zero-order valence-corrected chi connectivity index (χ0v) is 12.2. The molecular formula is C15H19N3O2. The molecule has 2 aromatic rings. The van der Waals surface area contributed by atoms with E-state index in [1.54, 1.807) is 6.92 Å². The summed E-state index contributed by atoms with van der Waals surface area (Å²) in [5, 5.41) is 5.46. The highest BCUT2D eigenvalue weighted by molar-refractivity contribution is 5.87. The van der Waals surface area contributed by atoms with Gasteiger partial charge in [-0.05, 0) is 38.8 Å². The molecule has 5 nitrogen and oxygen atoms in total. The van der Waals surface area contributed by atoms with Gasteiger partial charge in [-0.15, -0.1) is 0 Å². The smallest absolute Gasteiger partial charge is 0.323 e. The van der Waals surface area contributed by atoms with Crippen molar-refractivity contribution in [3.05, 3.63) is 46.8 Å². The van der Waals surface area contributed by atoms with E-state index in [9.17, 15) is 4.79 Å². The number of benzene rings is 1. The summed E-state index contributed by atoms with van der Waals surface area (Å²) in [5.74, 6) is 0.701. The summed E-state index contributed by atoms with van der Waals surface area (Å²) in [6.07, 6.45) is 0. The molecule has 1 atom stereocenters. The van der Waals surface area contributed by atoms with Crippen molar-refractivity contribution in [3.63, 3.8) is 0 Å². The fourth-order valence-corrected chi connectivity index (χ4v) is 2.01. The van der Waals surface area contributed by atoms with Gasteiger partial charge in [0.15, 0.2) is 0 Å². The summed E-state index contributed by atoms with van der Waals surface area (Å²) in [6, 6.07) is 7.75. The fourth-order valence-electron chi connectivity index (χ4n) is 2.01. The van der Waals surface area contributed by atoms with E-state index in [2.05, 4.69) is 15.6 Å². The Morgan fingerprint density at radius 2 is 1.95 bits per heavy atom. The molecule has 2 rings (SSSR count). The molecule has 0 aliphatic carbocycles. The molecule has 2 N–H and O–H groups in total. The molecule has 2 amide bonds. The molecule has 0 saturated heterocycles. The van der Waals surface area contributed by atoms with Crippen LogP contribution in [0.3, 0.4) is 0 Å². The molecule has 0 aliphatic heterocycles. The number of rotatable bonds is 3. The topological polar surface area (TPSA) is 67.2 Å². The maximum absolute atomic E-state index is 11.9. The van der Waals surface area contributed by atoms with Gasteiger partial charge in [0.25, 0.3) is 0 Å². The standard InChI is InChI=1S/C15H19N3O2/c1-9-7-5-6-8-13(9)11(3)16-14(19)18-15-17-10(2)12(4)20-15/h5-8,11H,1-4H3,(H2,16,17,18,19)/t11-/m0/s1. The van der Waals surface area contributed by atoms with E-state index in [1.165, 1.54) is 0 Å². The van der Waals surface area contributed by atoms with Gasteiger partial charge in [-0.3, -0.25) is 5.32 Å². The van der Waals surface area contributed by atoms with Gasteiger partial charge < -0.3 is 9.73 Å². The van der Waals surface area contributed by atoms with Gasteiger partial charge in [0.1, 0.15) is 5.76 Å². The molecule has 20 heavy (non-hydrogen) atoms. The Morgan fingerprint density at radius 1 is 1.25 bits per heavy atom. The largest absolute Gasteiger partial charge is 0.428 e. The number of aromatic nitrogens is 1. The first-order valence-corrected chi connectivity index (χ1v) is 6.54. The first-order valence-electron chi connectivity index (χ1n) is 6.54. The van der Waals surface area contributed by atoms with Crippen LogP contribution in [0.15, 0.2) is 28.7 Å². The fraction of sp³-hybridized carbons (Fsp3) is 0.333. The Hall–Kier alpha value is -2.30. The Morgan fingerprint density at radius 3 is 2.55 bits per heavy atom. The molecule has 1 aromatic heterocycles. The zero-order valence-electron chi connectivity index (χ0n) is 12.2. The summed E-state index contributed by atoms with van der Waals surface area (Å²) in [6.45, 7) is 7.60. The molecule has 0 unspecified atom stereocenters. The molecule has 0 aliphatic rings. The minimum Gasteiger partial charge on any atom is -0.428 e. The van der Waals surface area contributed by atoms with E-state index >= 15 is 0 Å². The quantitative estimate of drug-likeness (QED) is 0.899. The number of nitrogens with zero attached hydrogens (tertiary/aromatic N) is 1. The van der Waals surface area contributed by atoms with Crippen molar-refractivity contribution in [1.29, 1.82) is 0 Å². The van der Waals surface area contributed by atoms with Gasteiger partial charge in [-0.2, -0.15) is 4.98 Å². The average Bonchev–Trinajstić information content (AvgIpc) is 2.68. The van der Waals surface area contributed by atoms with Crippen LogP contribution in [0.5, 0.6) is 0 Å². The second-order valence-corrected chi connectivity index (χ2v) is 4.84. The van der Waals surface area contributed by atoms with Crippen LogP contribution in [0.1, 0.15) is 35.5 Å². The Bertz CT molecular complexity index is 600. The highest BCUT2D eigenvalue weighted by Gasteiger charge is 2.13. The van der Waals surface area contributed by atoms with Crippen molar-refractivity contribution in [1.82, 2.24) is 10.3 Å². The Balaban J connectivity index is 1.99. The number of carbonyl (C=O) groups excluding carboxylic acids is 1. The summed E-state index contributed by atoms with van der Waals surface area (Å²) in [7, 11) is 0. The molecule has 5 heteroatoms. The van der Waals surface area contributed by atoms with E-state index in [-0.39, 0.29) is 18.1 Å². The number of amides is 2. The lowest BCUT2D eigenvalue weighted by molar-refractivity contribution is 0.248. The number of anilines is 1. The number of urea groups is 1. The Labute approximate surface area is 118 Å². The third-order valence-corrected chi connectivity index (χ3v) is 3.25. The second-order valence-electron chi connectivity index (χ2n) is 4.84. The molecule has 0 radical (unpaired) electrons. The normalized spacial score (nSPS) is 12.0. The molecule has 0 spiro atoms. The second kappa shape index (κ2) is 5.77. The number of oxazole rings is 1. The summed E-state index contributed by atoms with van der Waals surface area (Å²) >= 11 is 0. The van der Waals surface area contributed by atoms with Gasteiger partial charge in [0, 0.05) is 0 Å². The van der Waals surface area contributed by atoms with Crippen LogP contribution in [0.4, 0.5) is 10.8 Å². The van der Waals surface area contributed by atoms with E-state index in [0.29, 0.717) is 5.76 Å². The summed E-state index contributed by atoms with van der Waals surface area (Å²) in [4.78, 5) is 16.0. The van der Waals surface area contributed by atoms with Gasteiger partial charge in [-0.1, -0.05) is 24.3 Å². The van der Waals surface area contributed by atoms with E-state index < -0.39 is 0 Å². The van der Waals surface area contributed by atoms with Crippen LogP contribution < -0.4 is 10.6 Å². The maximum Gasteiger partial charge on any atom is 0.323 e. The van der Waals surface area contributed by atoms with Crippen LogP contribution in [0.25, 0.3) is 0 Å². The summed E-state index contributed by atoms with van der Waals surface area (Å²) < 4.78 is 5.31. The zero-order chi connectivity index (χ0) is 14.7. The third-order valence-electron chi connectivity index (χ3n) is 3.25. The van der Waals surface area contributed by atoms with Gasteiger partial charge >= 0.3 is 12.0 Å². The number of nitrogens with one attached hydrogen (secondary N) is 2. The van der Waals surface area contributed by atoms with Crippen molar-refractivity contribution in [2.24, 2.45) is 0 Å². The maximum atomic E-state index is 11.9. The number of aryl methyl sites for hydroxylation is 3. The van der Waals surface area contributed by atoms with E-state index in [1.807, 2.05) is 45.0 Å². The Kier molecular flexibility index (Phi) is 4.08. The van der Waals surface area contributed by atoms with Gasteiger partial charge in [0.05, 0.1) is 11.7 Å². The van der Waals surface area contributed by atoms with Crippen molar-refractivity contribution < 1.29 is 9.21 Å². The predicted molar refractivity (Wildman–Crippen MR) is 77.7 cm³/mol. The average molecular weight is 273 g/mol. The van der Waals surface area contributed by atoms with E-state index in [0.717, 1.165) is 16.8 Å². The van der Waals surface area contributed by atoms with Crippen molar-refractivity contribution >= 4 is 12.0 Å². The minimum atomic E-state index is -0.331. The number of hydrogen-bond acceptors (Lipinski definition) is 3. The molecular weight excluding hydrogens is 254 g/mol. The third kappa shape index (κ3) is 3.17. The molecule has 106 valence electrons. The van der Waals surface area contributed by atoms with Crippen LogP contribution >= 0.6 is 0 Å².